The van der Waals surface area contributed by atoms with Crippen LogP contribution >= 0.6 is 0 Å². The fourth-order valence-electron chi connectivity index (χ4n) is 2.83. The molecule has 0 radical (unpaired) electrons. The van der Waals surface area contributed by atoms with Crippen molar-refractivity contribution < 1.29 is 9.53 Å². The van der Waals surface area contributed by atoms with E-state index in [2.05, 4.69) is 34.8 Å². The fraction of sp³-hybridized carbons (Fsp3) is 0.250. The molecule has 3 rings (SSSR count). The van der Waals surface area contributed by atoms with E-state index < -0.39 is 6.03 Å². The molecule has 108 valence electrons. The molecular formula is C16H17N3O2. The number of methoxy groups -OCH3 is 1. The topological polar surface area (TPSA) is 76.7 Å². The molecule has 5 nitrogen and oxygen atoms in total. The first-order chi connectivity index (χ1) is 10.2. The van der Waals surface area contributed by atoms with Gasteiger partial charge in [-0.15, -0.1) is 0 Å². The summed E-state index contributed by atoms with van der Waals surface area (Å²) < 4.78 is 5.32. The molecule has 2 aromatic rings. The Morgan fingerprint density at radius 2 is 2.10 bits per heavy atom. The van der Waals surface area contributed by atoms with Gasteiger partial charge in [0.05, 0.1) is 12.8 Å². The summed E-state index contributed by atoms with van der Waals surface area (Å²) in [4.78, 5) is 10.8. The number of hydrazone groups is 1. The Kier molecular flexibility index (Phi) is 3.48. The van der Waals surface area contributed by atoms with Crippen LogP contribution in [0.15, 0.2) is 35.4 Å². The number of amides is 2. The number of carbonyl (C=O) groups excluding carboxylic acids is 1. The Hall–Kier alpha value is -2.56. The van der Waals surface area contributed by atoms with E-state index in [0.717, 1.165) is 36.3 Å². The number of nitrogens with zero attached hydrogens (tertiary/aromatic N) is 1. The van der Waals surface area contributed by atoms with E-state index in [-0.39, 0.29) is 0 Å². The maximum absolute atomic E-state index is 10.8. The number of nitrogens with one attached hydrogen (secondary N) is 1. The van der Waals surface area contributed by atoms with Crippen molar-refractivity contribution in [2.75, 3.05) is 7.11 Å². The van der Waals surface area contributed by atoms with Crippen LogP contribution in [0.25, 0.3) is 10.8 Å². The van der Waals surface area contributed by atoms with E-state index in [9.17, 15) is 4.79 Å². The fourth-order valence-corrected chi connectivity index (χ4v) is 2.83. The summed E-state index contributed by atoms with van der Waals surface area (Å²) in [7, 11) is 1.67. The highest BCUT2D eigenvalue weighted by molar-refractivity contribution is 6.07. The molecule has 2 aromatic carbocycles. The predicted molar refractivity (Wildman–Crippen MR) is 82.7 cm³/mol. The Balaban J connectivity index is 2.14. The minimum atomic E-state index is -0.642. The number of hydrogen-bond acceptors (Lipinski definition) is 3. The summed E-state index contributed by atoms with van der Waals surface area (Å²) >= 11 is 0. The maximum Gasteiger partial charge on any atom is 0.332 e. The lowest BCUT2D eigenvalue weighted by Gasteiger charge is -2.20. The molecule has 1 aliphatic carbocycles. The van der Waals surface area contributed by atoms with Crippen LogP contribution in [0, 0.1) is 0 Å². The van der Waals surface area contributed by atoms with Crippen molar-refractivity contribution in [1.29, 1.82) is 0 Å². The molecule has 0 atom stereocenters. The summed E-state index contributed by atoms with van der Waals surface area (Å²) in [5.74, 6) is 0.843. The number of primary amides is 1. The standard InChI is InChI=1S/C16H17N3O2/c1-21-11-7-5-10-6-8-13-12(14(10)9-11)3-2-4-15(13)18-19-16(17)20/h5-9H,2-4H2,1H3,(H3,17,19,20). The lowest BCUT2D eigenvalue weighted by Crippen LogP contribution is -2.27. The third-order valence-electron chi connectivity index (χ3n) is 3.79. The number of rotatable bonds is 2. The van der Waals surface area contributed by atoms with Crippen LogP contribution in [0.1, 0.15) is 24.0 Å². The van der Waals surface area contributed by atoms with Crippen molar-refractivity contribution in [3.8, 4) is 5.75 Å². The lowest BCUT2D eigenvalue weighted by molar-refractivity contribution is 0.249. The molecule has 1 aliphatic rings. The summed E-state index contributed by atoms with van der Waals surface area (Å²) in [6, 6.07) is 9.56. The lowest BCUT2D eigenvalue weighted by atomic mass is 9.86. The summed E-state index contributed by atoms with van der Waals surface area (Å²) in [5.41, 5.74) is 10.6. The van der Waals surface area contributed by atoms with Crippen molar-refractivity contribution in [1.82, 2.24) is 5.43 Å². The van der Waals surface area contributed by atoms with Crippen molar-refractivity contribution in [3.63, 3.8) is 0 Å². The molecule has 5 heteroatoms. The van der Waals surface area contributed by atoms with Gasteiger partial charge in [-0.2, -0.15) is 5.10 Å². The summed E-state index contributed by atoms with van der Waals surface area (Å²) in [6.07, 6.45) is 2.83. The molecule has 0 spiro atoms. The highest BCUT2D eigenvalue weighted by Gasteiger charge is 2.18. The first-order valence-corrected chi connectivity index (χ1v) is 6.91. The number of nitrogens with two attached hydrogens (primary N) is 1. The van der Waals surface area contributed by atoms with Crippen LogP contribution in [-0.4, -0.2) is 18.9 Å². The van der Waals surface area contributed by atoms with E-state index in [1.807, 2.05) is 6.07 Å². The van der Waals surface area contributed by atoms with Gasteiger partial charge in [-0.05, 0) is 47.7 Å². The number of ether oxygens (including phenoxy) is 1. The number of benzene rings is 2. The van der Waals surface area contributed by atoms with Gasteiger partial charge in [0.15, 0.2) is 0 Å². The second kappa shape index (κ2) is 5.44. The number of aryl methyl sites for hydroxylation is 1. The Labute approximate surface area is 122 Å². The Morgan fingerprint density at radius 3 is 2.86 bits per heavy atom. The predicted octanol–water partition coefficient (Wildman–Crippen LogP) is 2.56. The average Bonchev–Trinajstić information content (AvgIpc) is 2.51. The minimum Gasteiger partial charge on any atom is -0.497 e. The normalized spacial score (nSPS) is 15.8. The molecule has 21 heavy (non-hydrogen) atoms. The molecule has 0 aliphatic heterocycles. The zero-order valence-electron chi connectivity index (χ0n) is 11.8. The van der Waals surface area contributed by atoms with Crippen molar-refractivity contribution in [3.05, 3.63) is 41.5 Å². The van der Waals surface area contributed by atoms with E-state index >= 15 is 0 Å². The zero-order chi connectivity index (χ0) is 14.8. The Bertz CT molecular complexity index is 738. The van der Waals surface area contributed by atoms with Crippen molar-refractivity contribution >= 4 is 22.5 Å². The van der Waals surface area contributed by atoms with E-state index in [0.29, 0.717) is 0 Å². The molecule has 0 fully saturated rings. The van der Waals surface area contributed by atoms with Crippen LogP contribution in [0.5, 0.6) is 5.75 Å². The third-order valence-corrected chi connectivity index (χ3v) is 3.79. The van der Waals surface area contributed by atoms with Gasteiger partial charge in [0.1, 0.15) is 5.75 Å². The molecule has 0 saturated carbocycles. The van der Waals surface area contributed by atoms with Gasteiger partial charge in [-0.3, -0.25) is 0 Å². The maximum atomic E-state index is 10.8. The molecule has 0 aromatic heterocycles. The van der Waals surface area contributed by atoms with E-state index in [1.165, 1.54) is 16.3 Å². The monoisotopic (exact) mass is 283 g/mol. The van der Waals surface area contributed by atoms with Gasteiger partial charge < -0.3 is 10.5 Å². The minimum absolute atomic E-state index is 0.642. The van der Waals surface area contributed by atoms with Crippen LogP contribution in [0.2, 0.25) is 0 Å². The largest absolute Gasteiger partial charge is 0.497 e. The van der Waals surface area contributed by atoms with Crippen LogP contribution in [0.3, 0.4) is 0 Å². The molecule has 0 saturated heterocycles. The van der Waals surface area contributed by atoms with Gasteiger partial charge in [-0.1, -0.05) is 18.2 Å². The average molecular weight is 283 g/mol. The van der Waals surface area contributed by atoms with Gasteiger partial charge in [0.25, 0.3) is 0 Å². The van der Waals surface area contributed by atoms with Crippen molar-refractivity contribution in [2.45, 2.75) is 19.3 Å². The van der Waals surface area contributed by atoms with Gasteiger partial charge in [0, 0.05) is 5.56 Å². The number of fused-ring (bicyclic) bond motifs is 3. The molecular weight excluding hydrogens is 266 g/mol. The summed E-state index contributed by atoms with van der Waals surface area (Å²) in [5, 5.41) is 6.49. The van der Waals surface area contributed by atoms with Gasteiger partial charge in [-0.25, -0.2) is 10.2 Å². The zero-order valence-corrected chi connectivity index (χ0v) is 11.8. The quantitative estimate of drug-likeness (QED) is 0.831. The van der Waals surface area contributed by atoms with Gasteiger partial charge >= 0.3 is 6.03 Å². The number of urea groups is 1. The molecule has 0 heterocycles. The van der Waals surface area contributed by atoms with Gasteiger partial charge in [0.2, 0.25) is 0 Å². The SMILES string of the molecule is COc1ccc2ccc3c(c2c1)CCCC3=NNC(N)=O. The molecule has 0 unspecified atom stereocenters. The molecule has 0 bridgehead atoms. The van der Waals surface area contributed by atoms with Crippen molar-refractivity contribution in [2.24, 2.45) is 10.8 Å². The van der Waals surface area contributed by atoms with Crippen LogP contribution in [-0.2, 0) is 6.42 Å². The van der Waals surface area contributed by atoms with Crippen LogP contribution in [0.4, 0.5) is 4.79 Å². The summed E-state index contributed by atoms with van der Waals surface area (Å²) in [6.45, 7) is 0. The number of carbonyl (C=O) groups is 1. The molecule has 2 amide bonds. The first kappa shape index (κ1) is 13.4. The first-order valence-electron chi connectivity index (χ1n) is 6.91. The van der Waals surface area contributed by atoms with E-state index in [4.69, 9.17) is 10.5 Å². The highest BCUT2D eigenvalue weighted by atomic mass is 16.5. The highest BCUT2D eigenvalue weighted by Crippen LogP contribution is 2.31. The third kappa shape index (κ3) is 2.54. The number of hydrogen-bond donors (Lipinski definition) is 2. The molecule has 3 N–H and O–H groups in total. The van der Waals surface area contributed by atoms with Crippen LogP contribution < -0.4 is 15.9 Å². The second-order valence-electron chi connectivity index (χ2n) is 5.07. The Morgan fingerprint density at radius 1 is 1.29 bits per heavy atom. The van der Waals surface area contributed by atoms with E-state index in [1.54, 1.807) is 7.11 Å². The smallest absolute Gasteiger partial charge is 0.332 e. The second-order valence-corrected chi connectivity index (χ2v) is 5.07.